The van der Waals surface area contributed by atoms with Gasteiger partial charge in [-0.05, 0) is 80.4 Å². The highest BCUT2D eigenvalue weighted by atomic mass is 28.4. The zero-order valence-corrected chi connectivity index (χ0v) is 27.1. The van der Waals surface area contributed by atoms with Gasteiger partial charge in [0.2, 0.25) is 0 Å². The van der Waals surface area contributed by atoms with Crippen molar-refractivity contribution in [1.29, 1.82) is 0 Å². The van der Waals surface area contributed by atoms with Gasteiger partial charge in [-0.1, -0.05) is 51.1 Å². The summed E-state index contributed by atoms with van der Waals surface area (Å²) < 4.78 is 24.7. The monoisotopic (exact) mass is 581 g/mol. The maximum Gasteiger partial charge on any atom is 0.313 e. The van der Waals surface area contributed by atoms with Crippen molar-refractivity contribution in [2.75, 3.05) is 14.2 Å². The Labute approximate surface area is 246 Å². The number of nitrogens with zero attached hydrogens (tertiary/aromatic N) is 1. The number of hydrogen-bond acceptors (Lipinski definition) is 6. The molecule has 0 amide bonds. The minimum atomic E-state index is -2.24. The fraction of sp³-hybridized carbons (Fsp3) is 0.515. The first-order valence-corrected chi connectivity index (χ1v) is 17.3. The highest BCUT2D eigenvalue weighted by molar-refractivity contribution is 6.74. The second-order valence-corrected chi connectivity index (χ2v) is 17.2. The smallest absolute Gasteiger partial charge is 0.313 e. The Morgan fingerprint density at radius 1 is 1.07 bits per heavy atom. The summed E-state index contributed by atoms with van der Waals surface area (Å²) in [5.74, 6) is 0.683. The van der Waals surface area contributed by atoms with Crippen molar-refractivity contribution in [2.24, 2.45) is 5.92 Å². The number of hydrogen-bond donors (Lipinski definition) is 1. The van der Waals surface area contributed by atoms with Crippen LogP contribution in [0, 0.1) is 12.8 Å². The molecular formula is C33H47NO6Si. The minimum absolute atomic E-state index is 0.00821. The maximum atomic E-state index is 11.6. The fourth-order valence-corrected chi connectivity index (χ4v) is 6.06. The van der Waals surface area contributed by atoms with E-state index in [1.165, 1.54) is 11.8 Å². The van der Waals surface area contributed by atoms with Crippen molar-refractivity contribution in [2.45, 2.75) is 90.5 Å². The molecule has 0 fully saturated rings. The molecule has 1 aromatic heterocycles. The van der Waals surface area contributed by atoms with Crippen molar-refractivity contribution < 1.29 is 28.2 Å². The van der Waals surface area contributed by atoms with E-state index in [0.29, 0.717) is 18.1 Å². The predicted molar refractivity (Wildman–Crippen MR) is 164 cm³/mol. The van der Waals surface area contributed by atoms with E-state index < -0.39 is 20.2 Å². The summed E-state index contributed by atoms with van der Waals surface area (Å²) in [5.41, 5.74) is 3.22. The number of methoxy groups -OCH3 is 2. The second-order valence-electron chi connectivity index (χ2n) is 12.4. The largest absolute Gasteiger partial charge is 0.496 e. The van der Waals surface area contributed by atoms with Gasteiger partial charge in [0.05, 0.1) is 26.5 Å². The Bertz CT molecular complexity index is 1260. The molecule has 3 aromatic rings. The van der Waals surface area contributed by atoms with Gasteiger partial charge in [0, 0.05) is 12.0 Å². The van der Waals surface area contributed by atoms with Crippen LogP contribution in [0.4, 0.5) is 0 Å². The van der Waals surface area contributed by atoms with Crippen LogP contribution in [0.15, 0.2) is 53.1 Å². The number of carboxylic acid groups (broad SMARTS) is 1. The molecule has 3 rings (SSSR count). The van der Waals surface area contributed by atoms with Crippen LogP contribution in [0.2, 0.25) is 18.1 Å². The average Bonchev–Trinajstić information content (AvgIpc) is 3.39. The van der Waals surface area contributed by atoms with Crippen LogP contribution in [0.25, 0.3) is 0 Å². The molecule has 1 heterocycles. The Morgan fingerprint density at radius 3 is 2.22 bits per heavy atom. The zero-order chi connectivity index (χ0) is 30.4. The molecule has 0 bridgehead atoms. The Hall–Kier alpha value is -3.10. The van der Waals surface area contributed by atoms with Gasteiger partial charge in [-0.15, -0.1) is 0 Å². The number of ether oxygens (including phenoxy) is 2. The van der Waals surface area contributed by atoms with Gasteiger partial charge in [-0.25, -0.2) is 4.98 Å². The van der Waals surface area contributed by atoms with E-state index in [9.17, 15) is 9.90 Å². The summed E-state index contributed by atoms with van der Waals surface area (Å²) in [6, 6.07) is 14.6. The minimum Gasteiger partial charge on any atom is -0.496 e. The van der Waals surface area contributed by atoms with Crippen LogP contribution in [0.1, 0.15) is 80.9 Å². The van der Waals surface area contributed by atoms with E-state index in [1.54, 1.807) is 21.1 Å². The number of rotatable bonds is 14. The Morgan fingerprint density at radius 2 is 1.68 bits per heavy atom. The van der Waals surface area contributed by atoms with Crippen molar-refractivity contribution in [3.8, 4) is 11.5 Å². The van der Waals surface area contributed by atoms with Crippen molar-refractivity contribution in [3.05, 3.63) is 77.0 Å². The number of benzene rings is 2. The van der Waals surface area contributed by atoms with Gasteiger partial charge in [-0.2, -0.15) is 0 Å². The standard InChI is InChI=1S/C33H47NO6Si/c1-22-27(37-6)18-26(19-28(22)38-7)31(40-41(8,9)33(3,4)5)25(17-13-16-24-14-11-10-12-15-24)20-30-34-21-29(39-30)23(2)32(35)36/h10-12,14-15,18-19,21,23,25,31H,13,16-17,20H2,1-9H3,(H,35,36)/t23?,25-,31-/m0/s1. The number of oxazole rings is 1. The van der Waals surface area contributed by atoms with Crippen LogP contribution in [0.5, 0.6) is 11.5 Å². The lowest BCUT2D eigenvalue weighted by atomic mass is 9.87. The van der Waals surface area contributed by atoms with Gasteiger partial charge in [-0.3, -0.25) is 4.79 Å². The second kappa shape index (κ2) is 13.7. The molecular weight excluding hydrogens is 534 g/mol. The molecule has 0 radical (unpaired) electrons. The SMILES string of the molecule is COc1cc([C@@H](O[Si](C)(C)C(C)(C)C)[C@@H](CCCc2ccccc2)Cc2ncc(C(C)C(=O)O)o2)cc(OC)c1C. The van der Waals surface area contributed by atoms with Gasteiger partial charge < -0.3 is 23.4 Å². The fourth-order valence-electron chi connectivity index (χ4n) is 4.74. The summed E-state index contributed by atoms with van der Waals surface area (Å²) in [4.78, 5) is 16.1. The summed E-state index contributed by atoms with van der Waals surface area (Å²) in [7, 11) is 1.10. The molecule has 41 heavy (non-hydrogen) atoms. The molecule has 8 heteroatoms. The topological polar surface area (TPSA) is 91.0 Å². The Kier molecular flexibility index (Phi) is 10.8. The van der Waals surface area contributed by atoms with E-state index in [0.717, 1.165) is 41.9 Å². The summed E-state index contributed by atoms with van der Waals surface area (Å²) in [6.45, 7) is 14.8. The van der Waals surface area contributed by atoms with Gasteiger partial charge in [0.25, 0.3) is 0 Å². The first-order chi connectivity index (χ1) is 19.3. The molecule has 0 saturated heterocycles. The van der Waals surface area contributed by atoms with E-state index in [4.69, 9.17) is 18.3 Å². The van der Waals surface area contributed by atoms with E-state index in [2.05, 4.69) is 75.2 Å². The maximum absolute atomic E-state index is 11.6. The number of aromatic nitrogens is 1. The molecule has 0 spiro atoms. The number of carbonyl (C=O) groups is 1. The molecule has 0 aliphatic carbocycles. The lowest BCUT2D eigenvalue weighted by Crippen LogP contribution is -2.43. The highest BCUT2D eigenvalue weighted by Crippen LogP contribution is 2.45. The molecule has 0 aliphatic heterocycles. The predicted octanol–water partition coefficient (Wildman–Crippen LogP) is 8.13. The van der Waals surface area contributed by atoms with Crippen LogP contribution in [0.3, 0.4) is 0 Å². The molecule has 0 saturated carbocycles. The Balaban J connectivity index is 2.07. The van der Waals surface area contributed by atoms with Crippen LogP contribution in [-0.4, -0.2) is 38.6 Å². The summed E-state index contributed by atoms with van der Waals surface area (Å²) >= 11 is 0. The third-order valence-corrected chi connectivity index (χ3v) is 12.9. The van der Waals surface area contributed by atoms with Crippen molar-refractivity contribution in [3.63, 3.8) is 0 Å². The third-order valence-electron chi connectivity index (χ3n) is 8.45. The van der Waals surface area contributed by atoms with Crippen LogP contribution < -0.4 is 9.47 Å². The molecule has 1 N–H and O–H groups in total. The van der Waals surface area contributed by atoms with Gasteiger partial charge in [0.1, 0.15) is 23.2 Å². The van der Waals surface area contributed by atoms with E-state index >= 15 is 0 Å². The lowest BCUT2D eigenvalue weighted by Gasteiger charge is -2.42. The normalized spacial score (nSPS) is 14.4. The first kappa shape index (κ1) is 32.4. The molecule has 224 valence electrons. The quantitative estimate of drug-likeness (QED) is 0.192. The summed E-state index contributed by atoms with van der Waals surface area (Å²) in [5, 5.41) is 9.48. The average molecular weight is 582 g/mol. The molecule has 3 atom stereocenters. The molecule has 0 aliphatic rings. The molecule has 2 aromatic carbocycles. The zero-order valence-electron chi connectivity index (χ0n) is 26.1. The van der Waals surface area contributed by atoms with Gasteiger partial charge >= 0.3 is 5.97 Å². The van der Waals surface area contributed by atoms with Gasteiger partial charge in [0.15, 0.2) is 14.2 Å². The molecule has 7 nitrogen and oxygen atoms in total. The van der Waals surface area contributed by atoms with E-state index in [-0.39, 0.29) is 17.1 Å². The van der Waals surface area contributed by atoms with Crippen LogP contribution >= 0.6 is 0 Å². The third kappa shape index (κ3) is 8.23. The highest BCUT2D eigenvalue weighted by Gasteiger charge is 2.42. The van der Waals surface area contributed by atoms with Crippen molar-refractivity contribution >= 4 is 14.3 Å². The molecule has 1 unspecified atom stereocenters. The lowest BCUT2D eigenvalue weighted by molar-refractivity contribution is -0.138. The number of aryl methyl sites for hydroxylation is 1. The van der Waals surface area contributed by atoms with Crippen molar-refractivity contribution in [1.82, 2.24) is 4.98 Å². The van der Waals surface area contributed by atoms with E-state index in [1.807, 2.05) is 13.0 Å². The summed E-state index contributed by atoms with van der Waals surface area (Å²) in [6.07, 6.45) is 4.53. The first-order valence-electron chi connectivity index (χ1n) is 14.4. The number of carboxylic acids is 1. The number of aliphatic carboxylic acids is 1. The van der Waals surface area contributed by atoms with Crippen LogP contribution in [-0.2, 0) is 22.1 Å².